The Labute approximate surface area is 160 Å². The van der Waals surface area contributed by atoms with E-state index in [0.717, 1.165) is 5.56 Å². The van der Waals surface area contributed by atoms with E-state index in [-0.39, 0.29) is 15.9 Å². The first kappa shape index (κ1) is 20.5. The van der Waals surface area contributed by atoms with Gasteiger partial charge in [0.1, 0.15) is 0 Å². The molecule has 0 radical (unpaired) electrons. The first-order valence-corrected chi connectivity index (χ1v) is 10.4. The lowest BCUT2D eigenvalue weighted by atomic mass is 9.84. The van der Waals surface area contributed by atoms with Gasteiger partial charge in [0.05, 0.1) is 15.7 Å². The molecule has 0 heterocycles. The Morgan fingerprint density at radius 2 is 1.77 bits per heavy atom. The fraction of sp³-hybridized carbons (Fsp3) is 0.350. The smallest absolute Gasteiger partial charge is 0.252 e. The Kier molecular flexibility index (Phi) is 6.14. The summed E-state index contributed by atoms with van der Waals surface area (Å²) < 4.78 is 25.0. The molecular weight excluding hydrogens is 370 g/mol. The van der Waals surface area contributed by atoms with Gasteiger partial charge in [0, 0.05) is 17.0 Å². The lowest BCUT2D eigenvalue weighted by Crippen LogP contribution is -2.37. The molecule has 1 N–H and O–H groups in total. The van der Waals surface area contributed by atoms with Crippen LogP contribution >= 0.6 is 11.6 Å². The van der Waals surface area contributed by atoms with Crippen LogP contribution in [0, 0.1) is 0 Å². The van der Waals surface area contributed by atoms with Crippen LogP contribution in [0.5, 0.6) is 0 Å². The number of rotatable bonds is 6. The second kappa shape index (κ2) is 7.80. The predicted molar refractivity (Wildman–Crippen MR) is 106 cm³/mol. The maximum absolute atomic E-state index is 12.7. The van der Waals surface area contributed by atoms with Gasteiger partial charge in [-0.1, -0.05) is 49.7 Å². The molecular formula is C20H24ClNO3S. The maximum atomic E-state index is 12.7. The zero-order chi connectivity index (χ0) is 19.5. The van der Waals surface area contributed by atoms with E-state index < -0.39 is 21.0 Å². The number of hydrogen-bond donors (Lipinski definition) is 1. The largest absolute Gasteiger partial charge is 0.351 e. The van der Waals surface area contributed by atoms with Gasteiger partial charge in [0.15, 0.2) is 9.84 Å². The van der Waals surface area contributed by atoms with E-state index in [1.165, 1.54) is 12.1 Å². The molecule has 2 rings (SSSR count). The Morgan fingerprint density at radius 1 is 1.12 bits per heavy atom. The van der Waals surface area contributed by atoms with E-state index in [9.17, 15) is 13.2 Å². The summed E-state index contributed by atoms with van der Waals surface area (Å²) in [4.78, 5) is 12.7. The van der Waals surface area contributed by atoms with Crippen molar-refractivity contribution in [3.63, 3.8) is 0 Å². The maximum Gasteiger partial charge on any atom is 0.252 e. The molecule has 26 heavy (non-hydrogen) atoms. The standard InChI is InChI=1S/C20H24ClNO3S/c1-14(2)26(24,25)18-11-6-5-10-17(18)19(23)22-13-20(3,4)15-8-7-9-16(21)12-15/h5-12,14H,13H2,1-4H3,(H,22,23). The molecule has 0 bridgehead atoms. The molecule has 0 aliphatic carbocycles. The van der Waals surface area contributed by atoms with Crippen LogP contribution in [0.3, 0.4) is 0 Å². The van der Waals surface area contributed by atoms with E-state index >= 15 is 0 Å². The van der Waals surface area contributed by atoms with Crippen molar-refractivity contribution >= 4 is 27.3 Å². The van der Waals surface area contributed by atoms with Crippen molar-refractivity contribution in [2.24, 2.45) is 0 Å². The summed E-state index contributed by atoms with van der Waals surface area (Å²) in [6.07, 6.45) is 0. The molecule has 0 fully saturated rings. The summed E-state index contributed by atoms with van der Waals surface area (Å²) in [5.74, 6) is -0.403. The zero-order valence-electron chi connectivity index (χ0n) is 15.4. The van der Waals surface area contributed by atoms with Crippen LogP contribution in [0.2, 0.25) is 5.02 Å². The van der Waals surface area contributed by atoms with Crippen LogP contribution in [0.15, 0.2) is 53.4 Å². The van der Waals surface area contributed by atoms with Crippen LogP contribution in [0.25, 0.3) is 0 Å². The van der Waals surface area contributed by atoms with Crippen LogP contribution in [-0.2, 0) is 15.3 Å². The van der Waals surface area contributed by atoms with Gasteiger partial charge >= 0.3 is 0 Å². The van der Waals surface area contributed by atoms with Crippen molar-refractivity contribution in [1.82, 2.24) is 5.32 Å². The highest BCUT2D eigenvalue weighted by atomic mass is 35.5. The monoisotopic (exact) mass is 393 g/mol. The first-order valence-electron chi connectivity index (χ1n) is 8.43. The minimum absolute atomic E-state index is 0.0630. The van der Waals surface area contributed by atoms with E-state index in [4.69, 9.17) is 11.6 Å². The molecule has 2 aromatic carbocycles. The third-order valence-electron chi connectivity index (χ3n) is 4.36. The summed E-state index contributed by atoms with van der Waals surface area (Å²) in [7, 11) is -3.54. The van der Waals surface area contributed by atoms with E-state index in [0.29, 0.717) is 11.6 Å². The summed E-state index contributed by atoms with van der Waals surface area (Å²) in [5, 5.41) is 2.90. The summed E-state index contributed by atoms with van der Waals surface area (Å²) in [6.45, 7) is 7.55. The van der Waals surface area contributed by atoms with Crippen molar-refractivity contribution in [3.8, 4) is 0 Å². The fourth-order valence-corrected chi connectivity index (χ4v) is 4.00. The number of benzene rings is 2. The fourth-order valence-electron chi connectivity index (χ4n) is 2.56. The highest BCUT2D eigenvalue weighted by Gasteiger charge is 2.27. The van der Waals surface area contributed by atoms with Crippen LogP contribution in [0.1, 0.15) is 43.6 Å². The van der Waals surface area contributed by atoms with Gasteiger partial charge in [-0.05, 0) is 43.7 Å². The number of amides is 1. The van der Waals surface area contributed by atoms with Crippen molar-refractivity contribution in [3.05, 3.63) is 64.7 Å². The van der Waals surface area contributed by atoms with Gasteiger partial charge in [0.2, 0.25) is 0 Å². The van der Waals surface area contributed by atoms with E-state index in [1.54, 1.807) is 32.0 Å². The Bertz CT molecular complexity index is 905. The van der Waals surface area contributed by atoms with Crippen molar-refractivity contribution in [1.29, 1.82) is 0 Å². The average Bonchev–Trinajstić information content (AvgIpc) is 2.59. The number of sulfone groups is 1. The molecule has 0 saturated heterocycles. The lowest BCUT2D eigenvalue weighted by molar-refractivity contribution is 0.0942. The summed E-state index contributed by atoms with van der Waals surface area (Å²) in [6, 6.07) is 13.8. The van der Waals surface area contributed by atoms with Gasteiger partial charge < -0.3 is 5.32 Å². The van der Waals surface area contributed by atoms with Gasteiger partial charge in [-0.25, -0.2) is 8.42 Å². The minimum Gasteiger partial charge on any atom is -0.351 e. The Hall–Kier alpha value is -1.85. The van der Waals surface area contributed by atoms with Gasteiger partial charge in [-0.15, -0.1) is 0 Å². The third kappa shape index (κ3) is 4.46. The topological polar surface area (TPSA) is 63.2 Å². The number of halogens is 1. The number of hydrogen-bond acceptors (Lipinski definition) is 3. The van der Waals surface area contributed by atoms with Crippen LogP contribution in [0.4, 0.5) is 0 Å². The minimum atomic E-state index is -3.54. The van der Waals surface area contributed by atoms with Gasteiger partial charge in [-0.3, -0.25) is 4.79 Å². The van der Waals surface area contributed by atoms with Crippen molar-refractivity contribution < 1.29 is 13.2 Å². The highest BCUT2D eigenvalue weighted by molar-refractivity contribution is 7.92. The number of carbonyl (C=O) groups is 1. The highest BCUT2D eigenvalue weighted by Crippen LogP contribution is 2.25. The first-order chi connectivity index (χ1) is 12.1. The quantitative estimate of drug-likeness (QED) is 0.798. The lowest BCUT2D eigenvalue weighted by Gasteiger charge is -2.26. The summed E-state index contributed by atoms with van der Waals surface area (Å²) in [5.41, 5.74) is 0.809. The van der Waals surface area contributed by atoms with Crippen molar-refractivity contribution in [2.45, 2.75) is 43.3 Å². The molecule has 4 nitrogen and oxygen atoms in total. The molecule has 0 spiro atoms. The molecule has 0 atom stereocenters. The predicted octanol–water partition coefficient (Wildman–Crippen LogP) is 4.23. The van der Waals surface area contributed by atoms with E-state index in [2.05, 4.69) is 5.32 Å². The number of carbonyl (C=O) groups excluding carboxylic acids is 1. The molecule has 0 unspecified atom stereocenters. The average molecular weight is 394 g/mol. The Morgan fingerprint density at radius 3 is 2.38 bits per heavy atom. The Balaban J connectivity index is 2.24. The molecule has 0 aliphatic rings. The second-order valence-electron chi connectivity index (χ2n) is 7.17. The number of nitrogens with one attached hydrogen (secondary N) is 1. The van der Waals surface area contributed by atoms with Crippen molar-refractivity contribution in [2.75, 3.05) is 6.54 Å². The van der Waals surface area contributed by atoms with Crippen LogP contribution in [-0.4, -0.2) is 26.1 Å². The summed E-state index contributed by atoms with van der Waals surface area (Å²) >= 11 is 6.06. The molecule has 0 aromatic heterocycles. The molecule has 2 aromatic rings. The van der Waals surface area contributed by atoms with Gasteiger partial charge in [-0.2, -0.15) is 0 Å². The SMILES string of the molecule is CC(C)S(=O)(=O)c1ccccc1C(=O)NCC(C)(C)c1cccc(Cl)c1. The zero-order valence-corrected chi connectivity index (χ0v) is 17.0. The molecule has 1 amide bonds. The molecule has 0 saturated carbocycles. The van der Waals surface area contributed by atoms with Gasteiger partial charge in [0.25, 0.3) is 5.91 Å². The molecule has 0 aliphatic heterocycles. The van der Waals surface area contributed by atoms with E-state index in [1.807, 2.05) is 32.0 Å². The third-order valence-corrected chi connectivity index (χ3v) is 6.80. The van der Waals surface area contributed by atoms with Crippen LogP contribution < -0.4 is 5.32 Å². The molecule has 6 heteroatoms. The molecule has 140 valence electrons. The normalized spacial score (nSPS) is 12.2. The second-order valence-corrected chi connectivity index (χ2v) is 10.1.